The number of nitrogens with zero attached hydrogens (tertiary/aromatic N) is 2. The second-order valence-electron chi connectivity index (χ2n) is 5.49. The fraction of sp³-hybridized carbons (Fsp3) is 0.158. The molecular formula is C19H19N2O+. The Hall–Kier alpha value is -2.68. The van der Waals surface area contributed by atoms with Crippen LogP contribution in [0.25, 0.3) is 23.1 Å². The maximum absolute atomic E-state index is 11.5. The molecule has 1 aromatic carbocycles. The van der Waals surface area contributed by atoms with Gasteiger partial charge in [-0.25, -0.2) is 4.57 Å². The van der Waals surface area contributed by atoms with Crippen LogP contribution in [0.15, 0.2) is 48.7 Å². The molecule has 0 bridgehead atoms. The van der Waals surface area contributed by atoms with Gasteiger partial charge >= 0.3 is 0 Å². The first-order valence-electron chi connectivity index (χ1n) is 7.30. The molecule has 3 aromatic rings. The lowest BCUT2D eigenvalue weighted by atomic mass is 10.1. The number of carbonyl (C=O) groups excluding carboxylic acids is 1. The van der Waals surface area contributed by atoms with Crippen molar-refractivity contribution in [1.29, 1.82) is 0 Å². The first-order valence-corrected chi connectivity index (χ1v) is 7.30. The van der Waals surface area contributed by atoms with Crippen LogP contribution in [-0.4, -0.2) is 10.4 Å². The molecular weight excluding hydrogens is 272 g/mol. The summed E-state index contributed by atoms with van der Waals surface area (Å²) >= 11 is 0. The quantitative estimate of drug-likeness (QED) is 0.536. The number of ketones is 1. The molecule has 0 N–H and O–H groups in total. The van der Waals surface area contributed by atoms with E-state index in [1.54, 1.807) is 6.92 Å². The van der Waals surface area contributed by atoms with Crippen LogP contribution >= 0.6 is 0 Å². The maximum atomic E-state index is 11.5. The van der Waals surface area contributed by atoms with Gasteiger partial charge in [-0.05, 0) is 29.8 Å². The van der Waals surface area contributed by atoms with Gasteiger partial charge in [0, 0.05) is 31.8 Å². The van der Waals surface area contributed by atoms with Crippen LogP contribution in [0.4, 0.5) is 0 Å². The molecule has 22 heavy (non-hydrogen) atoms. The average molecular weight is 291 g/mol. The van der Waals surface area contributed by atoms with Crippen LogP contribution in [0, 0.1) is 0 Å². The Balaban J connectivity index is 2.04. The van der Waals surface area contributed by atoms with E-state index in [9.17, 15) is 4.79 Å². The minimum atomic E-state index is 0.0827. The third-order valence-corrected chi connectivity index (χ3v) is 4.03. The highest BCUT2D eigenvalue weighted by Crippen LogP contribution is 2.18. The molecule has 0 unspecified atom stereocenters. The lowest BCUT2D eigenvalue weighted by Gasteiger charge is -2.03. The average Bonchev–Trinajstić information content (AvgIpc) is 2.88. The molecule has 0 saturated carbocycles. The van der Waals surface area contributed by atoms with Gasteiger partial charge in [-0.3, -0.25) is 4.79 Å². The van der Waals surface area contributed by atoms with Gasteiger partial charge in [-0.2, -0.15) is 0 Å². The number of aryl methyl sites for hydroxylation is 1. The second-order valence-corrected chi connectivity index (χ2v) is 5.49. The summed E-state index contributed by atoms with van der Waals surface area (Å²) in [6.07, 6.45) is 6.21. The van der Waals surface area contributed by atoms with Crippen molar-refractivity contribution in [2.24, 2.45) is 14.1 Å². The number of rotatable bonds is 3. The maximum Gasteiger partial charge on any atom is 0.212 e. The highest BCUT2D eigenvalue weighted by molar-refractivity contribution is 5.93. The van der Waals surface area contributed by atoms with Gasteiger partial charge in [0.25, 0.3) is 0 Å². The summed E-state index contributed by atoms with van der Waals surface area (Å²) in [5.74, 6) is 0.0827. The molecule has 2 aromatic heterocycles. The Labute approximate surface area is 130 Å². The molecule has 0 aliphatic heterocycles. The van der Waals surface area contributed by atoms with Crippen LogP contribution in [0.3, 0.4) is 0 Å². The summed E-state index contributed by atoms with van der Waals surface area (Å²) in [6, 6.07) is 14.3. The Morgan fingerprint density at radius 3 is 2.59 bits per heavy atom. The van der Waals surface area contributed by atoms with Crippen molar-refractivity contribution in [3.8, 4) is 0 Å². The topological polar surface area (TPSA) is 25.9 Å². The molecule has 0 atom stereocenters. The van der Waals surface area contributed by atoms with Gasteiger partial charge in [0.05, 0.1) is 11.1 Å². The van der Waals surface area contributed by atoms with Crippen LogP contribution in [-0.2, 0) is 14.1 Å². The van der Waals surface area contributed by atoms with E-state index in [0.717, 1.165) is 11.4 Å². The number of pyridine rings is 1. The summed E-state index contributed by atoms with van der Waals surface area (Å²) < 4.78 is 4.03. The molecule has 3 heteroatoms. The van der Waals surface area contributed by atoms with Crippen molar-refractivity contribution in [3.63, 3.8) is 0 Å². The third-order valence-electron chi connectivity index (χ3n) is 4.03. The summed E-state index contributed by atoms with van der Waals surface area (Å²) in [5, 5.41) is 1.21. The zero-order valence-electron chi connectivity index (χ0n) is 13.1. The number of hydrogen-bond acceptors (Lipinski definition) is 1. The van der Waals surface area contributed by atoms with Gasteiger partial charge < -0.3 is 4.57 Å². The molecule has 0 aliphatic rings. The van der Waals surface area contributed by atoms with Crippen molar-refractivity contribution in [2.45, 2.75) is 6.92 Å². The Morgan fingerprint density at radius 1 is 1.09 bits per heavy atom. The van der Waals surface area contributed by atoms with E-state index in [-0.39, 0.29) is 5.78 Å². The fourth-order valence-corrected chi connectivity index (χ4v) is 2.76. The minimum Gasteiger partial charge on any atom is -0.342 e. The number of Topliss-reactive ketones (excluding diaryl/α,β-unsaturated/α-hetero) is 1. The molecule has 0 fully saturated rings. The number of hydrogen-bond donors (Lipinski definition) is 0. The van der Waals surface area contributed by atoms with Crippen molar-refractivity contribution < 1.29 is 9.36 Å². The van der Waals surface area contributed by atoms with Gasteiger partial charge in [-0.15, -0.1) is 0 Å². The molecule has 3 nitrogen and oxygen atoms in total. The molecule has 0 spiro atoms. The standard InChI is InChI=1S/C19H19N2O/c1-14(22)18-11-10-16(21(18)3)9-8-15-12-13-20(2)19-7-5-4-6-17(15)19/h4-13H,1-3H3/q+1. The van der Waals surface area contributed by atoms with E-state index in [1.807, 2.05) is 42.9 Å². The largest absolute Gasteiger partial charge is 0.342 e. The first kappa shape index (κ1) is 14.3. The molecule has 3 rings (SSSR count). The number of carbonyl (C=O) groups is 1. The van der Waals surface area contributed by atoms with Crippen LogP contribution in [0.1, 0.15) is 28.7 Å². The molecule has 0 saturated heterocycles. The summed E-state index contributed by atoms with van der Waals surface area (Å²) in [4.78, 5) is 11.5. The lowest BCUT2D eigenvalue weighted by Crippen LogP contribution is -2.28. The van der Waals surface area contributed by atoms with Crippen LogP contribution in [0.5, 0.6) is 0 Å². The van der Waals surface area contributed by atoms with E-state index in [0.29, 0.717) is 0 Å². The molecule has 0 aliphatic carbocycles. The number of para-hydroxylation sites is 1. The zero-order valence-corrected chi connectivity index (χ0v) is 13.1. The molecule has 0 amide bonds. The van der Waals surface area contributed by atoms with Crippen molar-refractivity contribution in [2.75, 3.05) is 0 Å². The lowest BCUT2D eigenvalue weighted by molar-refractivity contribution is -0.644. The van der Waals surface area contributed by atoms with E-state index < -0.39 is 0 Å². The van der Waals surface area contributed by atoms with E-state index in [4.69, 9.17) is 0 Å². The van der Waals surface area contributed by atoms with E-state index in [1.165, 1.54) is 16.5 Å². The predicted octanol–water partition coefficient (Wildman–Crippen LogP) is 3.38. The van der Waals surface area contributed by atoms with Crippen LogP contribution < -0.4 is 4.57 Å². The smallest absolute Gasteiger partial charge is 0.212 e. The third kappa shape index (κ3) is 2.46. The summed E-state index contributed by atoms with van der Waals surface area (Å²) in [6.45, 7) is 1.59. The highest BCUT2D eigenvalue weighted by Gasteiger charge is 2.08. The van der Waals surface area contributed by atoms with E-state index >= 15 is 0 Å². The number of fused-ring (bicyclic) bond motifs is 1. The van der Waals surface area contributed by atoms with Gasteiger partial charge in [0.15, 0.2) is 12.0 Å². The monoisotopic (exact) mass is 291 g/mol. The molecule has 2 heterocycles. The molecule has 0 radical (unpaired) electrons. The normalized spacial score (nSPS) is 11.4. The highest BCUT2D eigenvalue weighted by atomic mass is 16.1. The molecule has 110 valence electrons. The van der Waals surface area contributed by atoms with Crippen molar-refractivity contribution in [1.82, 2.24) is 4.57 Å². The SMILES string of the molecule is CC(=O)c1ccc(/C=C/c2cc[n+](C)c3ccccc23)n1C. The van der Waals surface area contributed by atoms with Gasteiger partial charge in [0.2, 0.25) is 5.52 Å². The van der Waals surface area contributed by atoms with Gasteiger partial charge in [0.1, 0.15) is 7.05 Å². The number of aromatic nitrogens is 2. The van der Waals surface area contributed by atoms with Crippen molar-refractivity contribution in [3.05, 3.63) is 65.6 Å². The van der Waals surface area contributed by atoms with Crippen LogP contribution in [0.2, 0.25) is 0 Å². The minimum absolute atomic E-state index is 0.0827. The Kier molecular flexibility index (Phi) is 3.63. The fourth-order valence-electron chi connectivity index (χ4n) is 2.76. The second kappa shape index (κ2) is 5.60. The van der Waals surface area contributed by atoms with Gasteiger partial charge in [-0.1, -0.05) is 18.2 Å². The Morgan fingerprint density at radius 2 is 1.86 bits per heavy atom. The first-order chi connectivity index (χ1) is 10.6. The summed E-state index contributed by atoms with van der Waals surface area (Å²) in [7, 11) is 3.96. The number of benzene rings is 1. The zero-order chi connectivity index (χ0) is 15.7. The van der Waals surface area contributed by atoms with Crippen molar-refractivity contribution >= 4 is 28.8 Å². The van der Waals surface area contributed by atoms with E-state index in [2.05, 4.69) is 41.1 Å². The summed E-state index contributed by atoms with van der Waals surface area (Å²) in [5.41, 5.74) is 4.10. The Bertz CT molecular complexity index is 888. The predicted molar refractivity (Wildman–Crippen MR) is 89.5 cm³/mol.